The molecule has 18 heavy (non-hydrogen) atoms. The van der Waals surface area contributed by atoms with Crippen LogP contribution in [0.5, 0.6) is 0 Å². The first-order chi connectivity index (χ1) is 8.77. The van der Waals surface area contributed by atoms with Crippen LogP contribution in [0.1, 0.15) is 71.6 Å². The molecule has 0 aromatic rings. The third kappa shape index (κ3) is 4.24. The van der Waals surface area contributed by atoms with E-state index in [4.69, 9.17) is 0 Å². The molecular formula is C16H32N2. The second kappa shape index (κ2) is 7.49. The molecule has 0 aromatic carbocycles. The predicted molar refractivity (Wildman–Crippen MR) is 79.0 cm³/mol. The molecule has 0 radical (unpaired) electrons. The first kappa shape index (κ1) is 14.3. The van der Waals surface area contributed by atoms with Crippen molar-refractivity contribution < 1.29 is 0 Å². The summed E-state index contributed by atoms with van der Waals surface area (Å²) in [5.41, 5.74) is 0. The van der Waals surface area contributed by atoms with Crippen molar-refractivity contribution in [1.82, 2.24) is 10.2 Å². The van der Waals surface area contributed by atoms with Crippen molar-refractivity contribution in [3.05, 3.63) is 0 Å². The van der Waals surface area contributed by atoms with E-state index in [1.807, 2.05) is 0 Å². The summed E-state index contributed by atoms with van der Waals surface area (Å²) in [5.74, 6) is 0. The highest BCUT2D eigenvalue weighted by atomic mass is 15.2. The van der Waals surface area contributed by atoms with Crippen LogP contribution < -0.4 is 5.32 Å². The fraction of sp³-hybridized carbons (Fsp3) is 1.00. The molecule has 0 bridgehead atoms. The summed E-state index contributed by atoms with van der Waals surface area (Å²) in [6.07, 6.45) is 12.8. The summed E-state index contributed by atoms with van der Waals surface area (Å²) in [5, 5.41) is 3.82. The minimum atomic E-state index is 0.708. The molecular weight excluding hydrogens is 220 g/mol. The number of nitrogens with one attached hydrogen (secondary N) is 1. The zero-order chi connectivity index (χ0) is 12.8. The molecule has 1 saturated carbocycles. The van der Waals surface area contributed by atoms with Gasteiger partial charge in [-0.3, -0.25) is 4.90 Å². The van der Waals surface area contributed by atoms with Gasteiger partial charge in [0.1, 0.15) is 0 Å². The van der Waals surface area contributed by atoms with Gasteiger partial charge >= 0.3 is 0 Å². The van der Waals surface area contributed by atoms with Crippen molar-refractivity contribution in [1.29, 1.82) is 0 Å². The number of rotatable bonds is 4. The molecule has 1 heterocycles. The van der Waals surface area contributed by atoms with Gasteiger partial charge in [0.05, 0.1) is 0 Å². The number of nitrogens with zero attached hydrogens (tertiary/aromatic N) is 1. The molecule has 2 heteroatoms. The molecule has 2 atom stereocenters. The van der Waals surface area contributed by atoms with Crippen LogP contribution in [-0.4, -0.2) is 36.1 Å². The SMILES string of the molecule is CC1CCCCCN1C(C)CNC1CCCCC1. The van der Waals surface area contributed by atoms with Crippen LogP contribution in [0, 0.1) is 0 Å². The Morgan fingerprint density at radius 1 is 1.00 bits per heavy atom. The normalized spacial score (nSPS) is 30.0. The van der Waals surface area contributed by atoms with E-state index in [9.17, 15) is 0 Å². The molecule has 2 fully saturated rings. The van der Waals surface area contributed by atoms with Crippen LogP contribution in [0.25, 0.3) is 0 Å². The van der Waals surface area contributed by atoms with Crippen molar-refractivity contribution in [2.24, 2.45) is 0 Å². The Morgan fingerprint density at radius 2 is 1.67 bits per heavy atom. The Bertz CT molecular complexity index is 223. The van der Waals surface area contributed by atoms with Crippen LogP contribution in [0.15, 0.2) is 0 Å². The predicted octanol–water partition coefficient (Wildman–Crippen LogP) is 3.56. The Labute approximate surface area is 114 Å². The summed E-state index contributed by atoms with van der Waals surface area (Å²) in [6.45, 7) is 7.34. The van der Waals surface area contributed by atoms with E-state index in [1.165, 1.54) is 70.9 Å². The molecule has 1 aliphatic heterocycles. The minimum Gasteiger partial charge on any atom is -0.312 e. The second-order valence-corrected chi connectivity index (χ2v) is 6.53. The first-order valence-corrected chi connectivity index (χ1v) is 8.26. The van der Waals surface area contributed by atoms with Crippen LogP contribution in [0.3, 0.4) is 0 Å². The van der Waals surface area contributed by atoms with E-state index in [1.54, 1.807) is 0 Å². The minimum absolute atomic E-state index is 0.708. The van der Waals surface area contributed by atoms with E-state index >= 15 is 0 Å². The number of hydrogen-bond acceptors (Lipinski definition) is 2. The van der Waals surface area contributed by atoms with Crippen LogP contribution >= 0.6 is 0 Å². The molecule has 0 spiro atoms. The van der Waals surface area contributed by atoms with Gasteiger partial charge in [0.15, 0.2) is 0 Å². The molecule has 1 aliphatic carbocycles. The van der Waals surface area contributed by atoms with E-state index in [0.29, 0.717) is 6.04 Å². The van der Waals surface area contributed by atoms with Gasteiger partial charge in [-0.15, -0.1) is 0 Å². The van der Waals surface area contributed by atoms with E-state index in [-0.39, 0.29) is 0 Å². The summed E-state index contributed by atoms with van der Waals surface area (Å²) in [7, 11) is 0. The fourth-order valence-corrected chi connectivity index (χ4v) is 3.71. The average molecular weight is 252 g/mol. The third-order valence-corrected chi connectivity index (χ3v) is 4.98. The standard InChI is InChI=1S/C16H32N2/c1-14-9-5-4-8-12-18(14)15(2)13-17-16-10-6-3-7-11-16/h14-17H,3-13H2,1-2H3. The van der Waals surface area contributed by atoms with Crippen molar-refractivity contribution in [2.75, 3.05) is 13.1 Å². The number of likely N-dealkylation sites (tertiary alicyclic amines) is 1. The lowest BCUT2D eigenvalue weighted by Gasteiger charge is -2.34. The molecule has 1 N–H and O–H groups in total. The van der Waals surface area contributed by atoms with Crippen molar-refractivity contribution in [3.63, 3.8) is 0 Å². The van der Waals surface area contributed by atoms with Gasteiger partial charge in [-0.2, -0.15) is 0 Å². The monoisotopic (exact) mass is 252 g/mol. The smallest absolute Gasteiger partial charge is 0.0195 e. The van der Waals surface area contributed by atoms with Crippen LogP contribution in [0.2, 0.25) is 0 Å². The van der Waals surface area contributed by atoms with Gasteiger partial charge in [-0.05, 0) is 46.1 Å². The molecule has 0 aromatic heterocycles. The van der Waals surface area contributed by atoms with Gasteiger partial charge in [-0.1, -0.05) is 32.1 Å². The molecule has 0 amide bonds. The van der Waals surface area contributed by atoms with E-state index < -0.39 is 0 Å². The van der Waals surface area contributed by atoms with E-state index in [2.05, 4.69) is 24.1 Å². The van der Waals surface area contributed by atoms with Gasteiger partial charge in [0.25, 0.3) is 0 Å². The second-order valence-electron chi connectivity index (χ2n) is 6.53. The molecule has 2 unspecified atom stereocenters. The highest BCUT2D eigenvalue weighted by Crippen LogP contribution is 2.20. The van der Waals surface area contributed by atoms with E-state index in [0.717, 1.165) is 12.1 Å². The Kier molecular flexibility index (Phi) is 5.97. The summed E-state index contributed by atoms with van der Waals surface area (Å²) >= 11 is 0. The Hall–Kier alpha value is -0.0800. The third-order valence-electron chi connectivity index (χ3n) is 4.98. The topological polar surface area (TPSA) is 15.3 Å². The van der Waals surface area contributed by atoms with Gasteiger partial charge in [0.2, 0.25) is 0 Å². The first-order valence-electron chi connectivity index (χ1n) is 8.26. The molecule has 2 nitrogen and oxygen atoms in total. The summed E-state index contributed by atoms with van der Waals surface area (Å²) < 4.78 is 0. The molecule has 1 saturated heterocycles. The van der Waals surface area contributed by atoms with Crippen molar-refractivity contribution in [3.8, 4) is 0 Å². The lowest BCUT2D eigenvalue weighted by Crippen LogP contribution is -2.47. The lowest BCUT2D eigenvalue weighted by molar-refractivity contribution is 0.150. The number of hydrogen-bond donors (Lipinski definition) is 1. The Balaban J connectivity index is 1.73. The zero-order valence-corrected chi connectivity index (χ0v) is 12.5. The van der Waals surface area contributed by atoms with Crippen molar-refractivity contribution >= 4 is 0 Å². The lowest BCUT2D eigenvalue weighted by atomic mass is 9.95. The summed E-state index contributed by atoms with van der Waals surface area (Å²) in [4.78, 5) is 2.74. The largest absolute Gasteiger partial charge is 0.312 e. The maximum atomic E-state index is 3.82. The highest BCUT2D eigenvalue weighted by molar-refractivity contribution is 4.80. The van der Waals surface area contributed by atoms with Gasteiger partial charge < -0.3 is 5.32 Å². The highest BCUT2D eigenvalue weighted by Gasteiger charge is 2.22. The zero-order valence-electron chi connectivity index (χ0n) is 12.5. The Morgan fingerprint density at radius 3 is 2.44 bits per heavy atom. The molecule has 2 rings (SSSR count). The van der Waals surface area contributed by atoms with Crippen molar-refractivity contribution in [2.45, 2.75) is 89.8 Å². The van der Waals surface area contributed by atoms with Crippen LogP contribution in [0.4, 0.5) is 0 Å². The fourth-order valence-electron chi connectivity index (χ4n) is 3.71. The average Bonchev–Trinajstić information content (AvgIpc) is 2.62. The van der Waals surface area contributed by atoms with Gasteiger partial charge in [-0.25, -0.2) is 0 Å². The maximum Gasteiger partial charge on any atom is 0.0195 e. The quantitative estimate of drug-likeness (QED) is 0.823. The summed E-state index contributed by atoms with van der Waals surface area (Å²) in [6, 6.07) is 2.30. The molecule has 106 valence electrons. The maximum absolute atomic E-state index is 3.82. The van der Waals surface area contributed by atoms with Gasteiger partial charge in [0, 0.05) is 24.7 Å². The molecule has 2 aliphatic rings. The van der Waals surface area contributed by atoms with Crippen LogP contribution in [-0.2, 0) is 0 Å².